The van der Waals surface area contributed by atoms with E-state index in [1.165, 1.54) is 53.1 Å². The number of ether oxygens (including phenoxy) is 2. The number of aryl methyl sites for hydroxylation is 1. The molecule has 2 aromatic rings. The lowest BCUT2D eigenvalue weighted by Crippen LogP contribution is -2.37. The van der Waals surface area contributed by atoms with Gasteiger partial charge in [-0.15, -0.1) is 0 Å². The first-order valence-electron chi connectivity index (χ1n) is 13.5. The number of nitrogens with zero attached hydrogens (tertiary/aromatic N) is 2. The van der Waals surface area contributed by atoms with E-state index in [0.717, 1.165) is 78.7 Å². The summed E-state index contributed by atoms with van der Waals surface area (Å²) in [6, 6.07) is 17.8. The highest BCUT2D eigenvalue weighted by molar-refractivity contribution is 7.99. The van der Waals surface area contributed by atoms with E-state index < -0.39 is 0 Å². The molecule has 0 amide bonds. The van der Waals surface area contributed by atoms with Crippen molar-refractivity contribution in [2.75, 3.05) is 72.2 Å². The van der Waals surface area contributed by atoms with Crippen molar-refractivity contribution in [3.8, 4) is 0 Å². The number of hydrogen-bond acceptors (Lipinski definition) is 6. The van der Waals surface area contributed by atoms with Gasteiger partial charge in [-0.1, -0.05) is 54.6 Å². The van der Waals surface area contributed by atoms with Gasteiger partial charge in [0.25, 0.3) is 0 Å². The van der Waals surface area contributed by atoms with Crippen molar-refractivity contribution < 1.29 is 9.47 Å². The second kappa shape index (κ2) is 15.6. The van der Waals surface area contributed by atoms with Gasteiger partial charge in [-0.2, -0.15) is 0 Å². The molecule has 0 radical (unpaired) electrons. The normalized spacial score (nSPS) is 17.6. The lowest BCUT2D eigenvalue weighted by atomic mass is 10.1. The van der Waals surface area contributed by atoms with Crippen molar-refractivity contribution in [1.82, 2.24) is 15.1 Å². The molecule has 6 heteroatoms. The van der Waals surface area contributed by atoms with Gasteiger partial charge in [0, 0.05) is 42.5 Å². The minimum absolute atomic E-state index is 0.883. The first kappa shape index (κ1) is 26.6. The molecule has 1 N–H and O–H groups in total. The van der Waals surface area contributed by atoms with E-state index in [2.05, 4.69) is 63.6 Å². The van der Waals surface area contributed by atoms with Crippen LogP contribution < -0.4 is 5.32 Å². The summed E-state index contributed by atoms with van der Waals surface area (Å²) < 4.78 is 10.9. The third-order valence-electron chi connectivity index (χ3n) is 6.94. The summed E-state index contributed by atoms with van der Waals surface area (Å²) in [6.45, 7) is 12.3. The minimum atomic E-state index is 0.883. The number of unbranched alkanes of at least 4 members (excludes halogenated alkanes) is 2. The van der Waals surface area contributed by atoms with Crippen LogP contribution in [-0.4, -0.2) is 82.0 Å². The number of benzene rings is 2. The summed E-state index contributed by atoms with van der Waals surface area (Å²) in [5.74, 6) is 0. The zero-order chi connectivity index (χ0) is 24.0. The standard InChI is InChI=1S/C29H43N3O2S/c1(7-15-31-17-21-33-22-18-31)2-9-26-10-3-5-12-28(26)35-29-13-6-4-11-27(29)25-30-14-8-16-32-19-23-34-24-20-32/h3-6,10-13,30H,1-2,7-9,14-25H2. The first-order valence-corrected chi connectivity index (χ1v) is 14.3. The highest BCUT2D eigenvalue weighted by atomic mass is 32.2. The molecule has 0 spiro atoms. The Labute approximate surface area is 216 Å². The van der Waals surface area contributed by atoms with E-state index in [1.807, 2.05) is 11.8 Å². The predicted molar refractivity (Wildman–Crippen MR) is 145 cm³/mol. The molecule has 2 aliphatic heterocycles. The van der Waals surface area contributed by atoms with Crippen molar-refractivity contribution in [3.63, 3.8) is 0 Å². The van der Waals surface area contributed by atoms with Gasteiger partial charge in [-0.3, -0.25) is 9.80 Å². The fraction of sp³-hybridized carbons (Fsp3) is 0.586. The second-order valence-electron chi connectivity index (χ2n) is 9.57. The van der Waals surface area contributed by atoms with Crippen molar-refractivity contribution in [2.45, 2.75) is 48.4 Å². The van der Waals surface area contributed by atoms with Crippen LogP contribution in [0.15, 0.2) is 58.3 Å². The number of nitrogens with one attached hydrogen (secondary N) is 1. The predicted octanol–water partition coefficient (Wildman–Crippen LogP) is 4.69. The lowest BCUT2D eigenvalue weighted by Gasteiger charge is -2.26. The van der Waals surface area contributed by atoms with Gasteiger partial charge in [-0.25, -0.2) is 0 Å². The van der Waals surface area contributed by atoms with Crippen LogP contribution in [0.1, 0.15) is 36.8 Å². The van der Waals surface area contributed by atoms with E-state index in [4.69, 9.17) is 9.47 Å². The second-order valence-corrected chi connectivity index (χ2v) is 10.7. The van der Waals surface area contributed by atoms with Crippen molar-refractivity contribution >= 4 is 11.8 Å². The summed E-state index contributed by atoms with van der Waals surface area (Å²) in [5, 5.41) is 3.67. The molecule has 0 unspecified atom stereocenters. The van der Waals surface area contributed by atoms with Gasteiger partial charge < -0.3 is 14.8 Å². The van der Waals surface area contributed by atoms with Crippen LogP contribution in [0.5, 0.6) is 0 Å². The molecule has 0 saturated carbocycles. The number of rotatable bonds is 14. The monoisotopic (exact) mass is 497 g/mol. The zero-order valence-corrected chi connectivity index (χ0v) is 22.1. The summed E-state index contributed by atoms with van der Waals surface area (Å²) in [4.78, 5) is 7.82. The van der Waals surface area contributed by atoms with Crippen LogP contribution in [0.2, 0.25) is 0 Å². The first-order chi connectivity index (χ1) is 17.4. The average Bonchev–Trinajstić information content (AvgIpc) is 2.91. The summed E-state index contributed by atoms with van der Waals surface area (Å²) in [6.07, 6.45) is 6.18. The molecule has 35 heavy (non-hydrogen) atoms. The van der Waals surface area contributed by atoms with Crippen LogP contribution in [-0.2, 0) is 22.4 Å². The third kappa shape index (κ3) is 9.52. The number of morpholine rings is 2. The third-order valence-corrected chi connectivity index (χ3v) is 8.17. The van der Waals surface area contributed by atoms with Crippen LogP contribution in [0.25, 0.3) is 0 Å². The zero-order valence-electron chi connectivity index (χ0n) is 21.3. The molecule has 2 aromatic carbocycles. The molecule has 5 nitrogen and oxygen atoms in total. The Morgan fingerprint density at radius 2 is 1.23 bits per heavy atom. The molecule has 2 saturated heterocycles. The summed E-state index contributed by atoms with van der Waals surface area (Å²) in [7, 11) is 0. The smallest absolute Gasteiger partial charge is 0.0594 e. The maximum Gasteiger partial charge on any atom is 0.0594 e. The maximum absolute atomic E-state index is 5.46. The largest absolute Gasteiger partial charge is 0.379 e. The van der Waals surface area contributed by atoms with E-state index in [1.54, 1.807) is 0 Å². The van der Waals surface area contributed by atoms with Crippen LogP contribution in [0, 0.1) is 0 Å². The molecule has 192 valence electrons. The van der Waals surface area contributed by atoms with Crippen LogP contribution in [0.3, 0.4) is 0 Å². The van der Waals surface area contributed by atoms with Crippen molar-refractivity contribution in [1.29, 1.82) is 0 Å². The Morgan fingerprint density at radius 1 is 0.657 bits per heavy atom. The molecule has 0 aliphatic carbocycles. The minimum Gasteiger partial charge on any atom is -0.379 e. The van der Waals surface area contributed by atoms with Gasteiger partial charge in [0.2, 0.25) is 0 Å². The molecule has 2 heterocycles. The van der Waals surface area contributed by atoms with Crippen LogP contribution >= 0.6 is 11.8 Å². The highest BCUT2D eigenvalue weighted by Crippen LogP contribution is 2.33. The van der Waals surface area contributed by atoms with Crippen molar-refractivity contribution in [2.24, 2.45) is 0 Å². The molecular weight excluding hydrogens is 454 g/mol. The van der Waals surface area contributed by atoms with E-state index in [-0.39, 0.29) is 0 Å². The van der Waals surface area contributed by atoms with Gasteiger partial charge >= 0.3 is 0 Å². The molecule has 2 fully saturated rings. The van der Waals surface area contributed by atoms with E-state index >= 15 is 0 Å². The van der Waals surface area contributed by atoms with E-state index in [0.29, 0.717) is 0 Å². The Morgan fingerprint density at radius 3 is 1.91 bits per heavy atom. The van der Waals surface area contributed by atoms with Gasteiger partial charge in [-0.05, 0) is 68.6 Å². The van der Waals surface area contributed by atoms with Gasteiger partial charge in [0.05, 0.1) is 26.4 Å². The van der Waals surface area contributed by atoms with Gasteiger partial charge in [0.15, 0.2) is 0 Å². The average molecular weight is 498 g/mol. The van der Waals surface area contributed by atoms with Gasteiger partial charge in [0.1, 0.15) is 0 Å². The molecule has 0 bridgehead atoms. The molecule has 2 aliphatic rings. The summed E-state index contributed by atoms with van der Waals surface area (Å²) >= 11 is 1.93. The number of hydrogen-bond donors (Lipinski definition) is 1. The lowest BCUT2D eigenvalue weighted by molar-refractivity contribution is 0.0371. The highest BCUT2D eigenvalue weighted by Gasteiger charge is 2.11. The maximum atomic E-state index is 5.46. The quantitative estimate of drug-likeness (QED) is 0.382. The fourth-order valence-electron chi connectivity index (χ4n) is 4.81. The Bertz CT molecular complexity index is 784. The summed E-state index contributed by atoms with van der Waals surface area (Å²) in [5.41, 5.74) is 2.88. The Hall–Kier alpha value is -1.41. The molecule has 0 aromatic heterocycles. The Balaban J connectivity index is 1.20. The molecule has 0 atom stereocenters. The van der Waals surface area contributed by atoms with Crippen molar-refractivity contribution in [3.05, 3.63) is 59.7 Å². The molecular formula is C29H43N3O2S. The SMILES string of the molecule is c1ccc(Sc2ccccc2CNCCCN2CCOCC2)c(CCCCCN2CCOCC2)c1. The van der Waals surface area contributed by atoms with E-state index in [9.17, 15) is 0 Å². The van der Waals surface area contributed by atoms with Crippen LogP contribution in [0.4, 0.5) is 0 Å². The Kier molecular flexibility index (Phi) is 11.9. The molecule has 4 rings (SSSR count). The fourth-order valence-corrected chi connectivity index (χ4v) is 5.91. The topological polar surface area (TPSA) is 37.0 Å².